The van der Waals surface area contributed by atoms with Crippen LogP contribution in [-0.2, 0) is 11.3 Å². The van der Waals surface area contributed by atoms with Crippen molar-refractivity contribution in [2.45, 2.75) is 30.7 Å². The van der Waals surface area contributed by atoms with Crippen LogP contribution in [0.5, 0.6) is 0 Å². The van der Waals surface area contributed by atoms with Gasteiger partial charge in [0.1, 0.15) is 11.4 Å². The van der Waals surface area contributed by atoms with Gasteiger partial charge in [0.05, 0.1) is 15.5 Å². The van der Waals surface area contributed by atoms with E-state index in [4.69, 9.17) is 0 Å². The fourth-order valence-electron chi connectivity index (χ4n) is 2.47. The van der Waals surface area contributed by atoms with Crippen molar-refractivity contribution in [1.82, 2.24) is 14.9 Å². The summed E-state index contributed by atoms with van der Waals surface area (Å²) in [4.78, 5) is 23.3. The number of fused-ring (bicyclic) bond motifs is 1. The van der Waals surface area contributed by atoms with Crippen molar-refractivity contribution in [3.8, 4) is 0 Å². The minimum atomic E-state index is -0.186. The molecule has 2 heterocycles. The molecule has 0 aliphatic carbocycles. The maximum atomic E-state index is 12.8. The van der Waals surface area contributed by atoms with Crippen molar-refractivity contribution in [3.63, 3.8) is 0 Å². The summed E-state index contributed by atoms with van der Waals surface area (Å²) in [5.41, 5.74) is 2.08. The van der Waals surface area contributed by atoms with E-state index in [9.17, 15) is 4.79 Å². The highest BCUT2D eigenvalue weighted by atomic mass is 32.2. The molecule has 0 bridgehead atoms. The minimum Gasteiger partial charge on any atom is -0.338 e. The van der Waals surface area contributed by atoms with Gasteiger partial charge in [0.2, 0.25) is 5.91 Å². The second kappa shape index (κ2) is 7.77. The van der Waals surface area contributed by atoms with Gasteiger partial charge in [-0.1, -0.05) is 42.1 Å². The molecular weight excluding hydrogens is 338 g/mol. The molecule has 0 saturated heterocycles. The molecule has 0 aliphatic heterocycles. The van der Waals surface area contributed by atoms with E-state index >= 15 is 0 Å². The summed E-state index contributed by atoms with van der Waals surface area (Å²) >= 11 is 3.12. The van der Waals surface area contributed by atoms with E-state index in [2.05, 4.69) is 9.97 Å². The van der Waals surface area contributed by atoms with Crippen LogP contribution in [0.25, 0.3) is 10.2 Å². The van der Waals surface area contributed by atoms with Gasteiger partial charge in [-0.2, -0.15) is 0 Å². The third-order valence-electron chi connectivity index (χ3n) is 3.76. The summed E-state index contributed by atoms with van der Waals surface area (Å²) in [7, 11) is 0. The predicted octanol–water partition coefficient (Wildman–Crippen LogP) is 4.22. The van der Waals surface area contributed by atoms with Crippen molar-refractivity contribution in [1.29, 1.82) is 0 Å². The topological polar surface area (TPSA) is 46.1 Å². The molecule has 3 rings (SSSR count). The van der Waals surface area contributed by atoms with Crippen molar-refractivity contribution in [2.24, 2.45) is 0 Å². The maximum absolute atomic E-state index is 12.8. The lowest BCUT2D eigenvalue weighted by Crippen LogP contribution is -2.36. The number of hydrogen-bond acceptors (Lipinski definition) is 5. The van der Waals surface area contributed by atoms with Gasteiger partial charge < -0.3 is 4.90 Å². The second-order valence-corrected chi connectivity index (χ2v) is 7.66. The van der Waals surface area contributed by atoms with Crippen LogP contribution in [0.2, 0.25) is 0 Å². The molecule has 0 aliphatic rings. The lowest BCUT2D eigenvalue weighted by molar-refractivity contribution is -0.130. The van der Waals surface area contributed by atoms with Crippen LogP contribution in [0, 0.1) is 0 Å². The van der Waals surface area contributed by atoms with Gasteiger partial charge in [0.25, 0.3) is 0 Å². The molecule has 0 N–H and O–H groups in total. The van der Waals surface area contributed by atoms with E-state index in [0.29, 0.717) is 13.1 Å². The van der Waals surface area contributed by atoms with Crippen molar-refractivity contribution < 1.29 is 4.79 Å². The number of benzene rings is 1. The number of amides is 1. The van der Waals surface area contributed by atoms with E-state index in [1.807, 2.05) is 60.5 Å². The zero-order chi connectivity index (χ0) is 16.9. The molecule has 1 atom stereocenters. The van der Waals surface area contributed by atoms with Crippen LogP contribution in [0.4, 0.5) is 0 Å². The van der Waals surface area contributed by atoms with E-state index in [0.717, 1.165) is 20.8 Å². The predicted molar refractivity (Wildman–Crippen MR) is 100 cm³/mol. The van der Waals surface area contributed by atoms with Gasteiger partial charge in [-0.15, -0.1) is 11.3 Å². The third-order valence-corrected chi connectivity index (χ3v) is 5.88. The molecule has 124 valence electrons. The summed E-state index contributed by atoms with van der Waals surface area (Å²) in [6, 6.07) is 12.1. The second-order valence-electron chi connectivity index (χ2n) is 5.41. The first kappa shape index (κ1) is 16.9. The molecule has 1 aromatic carbocycles. The highest BCUT2D eigenvalue weighted by Gasteiger charge is 2.22. The summed E-state index contributed by atoms with van der Waals surface area (Å²) in [5.74, 6) is 0.134. The van der Waals surface area contributed by atoms with Gasteiger partial charge in [-0.3, -0.25) is 4.79 Å². The van der Waals surface area contributed by atoms with E-state index in [1.54, 1.807) is 17.7 Å². The number of rotatable bonds is 6. The molecule has 0 saturated carbocycles. The number of thiophene rings is 1. The van der Waals surface area contributed by atoms with Crippen LogP contribution in [-0.4, -0.2) is 32.6 Å². The van der Waals surface area contributed by atoms with Gasteiger partial charge in [0.15, 0.2) is 0 Å². The van der Waals surface area contributed by atoms with Gasteiger partial charge in [0, 0.05) is 13.1 Å². The van der Waals surface area contributed by atoms with Crippen LogP contribution in [0.3, 0.4) is 0 Å². The normalized spacial score (nSPS) is 12.2. The standard InChI is InChI=1S/C18H19N3OS2/c1-3-21(11-14-7-5-4-6-8-14)18(22)13(2)24-17-16-15(9-10-23-16)19-12-20-17/h4-10,12-13H,3,11H2,1-2H3. The first-order chi connectivity index (χ1) is 11.7. The Morgan fingerprint density at radius 2 is 2.04 bits per heavy atom. The molecular formula is C18H19N3OS2. The van der Waals surface area contributed by atoms with Gasteiger partial charge >= 0.3 is 0 Å². The Kier molecular flexibility index (Phi) is 5.48. The molecule has 24 heavy (non-hydrogen) atoms. The molecule has 0 radical (unpaired) electrons. The molecule has 0 spiro atoms. The highest BCUT2D eigenvalue weighted by molar-refractivity contribution is 8.00. The summed E-state index contributed by atoms with van der Waals surface area (Å²) in [6.07, 6.45) is 1.57. The molecule has 0 fully saturated rings. The Bertz CT molecular complexity index is 819. The number of aromatic nitrogens is 2. The summed E-state index contributed by atoms with van der Waals surface area (Å²) in [6.45, 7) is 5.29. The largest absolute Gasteiger partial charge is 0.338 e. The molecule has 3 aromatic rings. The average molecular weight is 358 g/mol. The molecule has 2 aromatic heterocycles. The quantitative estimate of drug-likeness (QED) is 0.489. The third kappa shape index (κ3) is 3.76. The number of thioether (sulfide) groups is 1. The zero-order valence-corrected chi connectivity index (χ0v) is 15.3. The van der Waals surface area contributed by atoms with Crippen LogP contribution in [0.1, 0.15) is 19.4 Å². The Balaban J connectivity index is 1.72. The van der Waals surface area contributed by atoms with Crippen molar-refractivity contribution in [2.75, 3.05) is 6.54 Å². The fraction of sp³-hybridized carbons (Fsp3) is 0.278. The SMILES string of the molecule is CCN(Cc1ccccc1)C(=O)C(C)Sc1ncnc2ccsc12. The van der Waals surface area contributed by atoms with E-state index < -0.39 is 0 Å². The maximum Gasteiger partial charge on any atom is 0.236 e. The van der Waals surface area contributed by atoms with E-state index in [-0.39, 0.29) is 11.2 Å². The smallest absolute Gasteiger partial charge is 0.236 e. The number of nitrogens with zero attached hydrogens (tertiary/aromatic N) is 3. The Morgan fingerprint density at radius 1 is 1.25 bits per heavy atom. The molecule has 4 nitrogen and oxygen atoms in total. The Morgan fingerprint density at radius 3 is 2.79 bits per heavy atom. The van der Waals surface area contributed by atoms with Gasteiger partial charge in [-0.25, -0.2) is 9.97 Å². The Hall–Kier alpha value is -1.92. The first-order valence-electron chi connectivity index (χ1n) is 7.86. The summed E-state index contributed by atoms with van der Waals surface area (Å²) < 4.78 is 1.05. The zero-order valence-electron chi connectivity index (χ0n) is 13.7. The number of carbonyl (C=O) groups is 1. The van der Waals surface area contributed by atoms with Gasteiger partial charge in [-0.05, 0) is 30.9 Å². The monoisotopic (exact) mass is 357 g/mol. The highest BCUT2D eigenvalue weighted by Crippen LogP contribution is 2.31. The molecule has 6 heteroatoms. The lowest BCUT2D eigenvalue weighted by atomic mass is 10.2. The van der Waals surface area contributed by atoms with Crippen molar-refractivity contribution >= 4 is 39.2 Å². The van der Waals surface area contributed by atoms with Crippen LogP contribution < -0.4 is 0 Å². The minimum absolute atomic E-state index is 0.134. The first-order valence-corrected chi connectivity index (χ1v) is 9.62. The Labute approximate surface area is 149 Å². The lowest BCUT2D eigenvalue weighted by Gasteiger charge is -2.24. The van der Waals surface area contributed by atoms with E-state index in [1.165, 1.54) is 11.8 Å². The average Bonchev–Trinajstić information content (AvgIpc) is 3.09. The summed E-state index contributed by atoms with van der Waals surface area (Å²) in [5, 5.41) is 2.70. The number of hydrogen-bond donors (Lipinski definition) is 0. The number of carbonyl (C=O) groups excluding carboxylic acids is 1. The van der Waals surface area contributed by atoms with Crippen molar-refractivity contribution in [3.05, 3.63) is 53.7 Å². The van der Waals surface area contributed by atoms with Crippen LogP contribution in [0.15, 0.2) is 53.1 Å². The van der Waals surface area contributed by atoms with Crippen LogP contribution >= 0.6 is 23.1 Å². The molecule has 1 amide bonds. The fourth-order valence-corrected chi connectivity index (χ4v) is 4.40. The molecule has 1 unspecified atom stereocenters.